The number of nitriles is 2. The first-order valence-corrected chi connectivity index (χ1v) is 10.1. The first kappa shape index (κ1) is 20.0. The van der Waals surface area contributed by atoms with Gasteiger partial charge in [-0.3, -0.25) is 0 Å². The van der Waals surface area contributed by atoms with Gasteiger partial charge >= 0.3 is 0 Å². The Labute approximate surface area is 181 Å². The molecule has 1 aliphatic rings. The molecule has 1 saturated carbocycles. The lowest BCUT2D eigenvalue weighted by Crippen LogP contribution is -2.27. The van der Waals surface area contributed by atoms with E-state index in [0.29, 0.717) is 28.6 Å². The van der Waals surface area contributed by atoms with Crippen LogP contribution < -0.4 is 15.8 Å². The number of aromatic nitrogens is 1. The normalized spacial score (nSPS) is 13.5. The van der Waals surface area contributed by atoms with Crippen LogP contribution in [0.4, 0.5) is 11.4 Å². The van der Waals surface area contributed by atoms with E-state index in [0.717, 1.165) is 29.7 Å². The van der Waals surface area contributed by atoms with Crippen molar-refractivity contribution in [2.24, 2.45) is 0 Å². The highest BCUT2D eigenvalue weighted by atomic mass is 16.5. The molecule has 6 nitrogen and oxygen atoms in total. The topological polar surface area (TPSA) is 108 Å². The second-order valence-corrected chi connectivity index (χ2v) is 7.39. The molecule has 152 valence electrons. The third-order valence-electron chi connectivity index (χ3n) is 5.22. The van der Waals surface area contributed by atoms with Gasteiger partial charge in [-0.05, 0) is 67.3 Å². The Balaban J connectivity index is 1.70. The Morgan fingerprint density at radius 3 is 2.61 bits per heavy atom. The molecule has 31 heavy (non-hydrogen) atoms. The predicted octanol–water partition coefficient (Wildman–Crippen LogP) is 5.36. The van der Waals surface area contributed by atoms with Crippen LogP contribution in [0.25, 0.3) is 11.6 Å². The van der Waals surface area contributed by atoms with E-state index in [2.05, 4.69) is 22.4 Å². The molecule has 1 fully saturated rings. The third kappa shape index (κ3) is 4.66. The Morgan fingerprint density at radius 2 is 1.94 bits per heavy atom. The second kappa shape index (κ2) is 9.02. The van der Waals surface area contributed by atoms with Crippen LogP contribution in [0.5, 0.6) is 11.6 Å². The van der Waals surface area contributed by atoms with Gasteiger partial charge in [-0.2, -0.15) is 10.5 Å². The van der Waals surface area contributed by atoms with Gasteiger partial charge in [0, 0.05) is 35.2 Å². The summed E-state index contributed by atoms with van der Waals surface area (Å²) in [5.41, 5.74) is 9.85. The van der Waals surface area contributed by atoms with E-state index < -0.39 is 0 Å². The molecular formula is C25H21N5O. The number of nitrogens with one attached hydrogen (secondary N) is 1. The molecule has 0 amide bonds. The summed E-state index contributed by atoms with van der Waals surface area (Å²) in [6, 6.07) is 21.0. The van der Waals surface area contributed by atoms with Crippen LogP contribution in [0, 0.1) is 22.7 Å². The molecular weight excluding hydrogens is 386 g/mol. The molecule has 0 bridgehead atoms. The van der Waals surface area contributed by atoms with E-state index in [1.807, 2.05) is 42.5 Å². The summed E-state index contributed by atoms with van der Waals surface area (Å²) in [6.45, 7) is 0. The first-order chi connectivity index (χ1) is 15.2. The Morgan fingerprint density at radius 1 is 1.13 bits per heavy atom. The van der Waals surface area contributed by atoms with E-state index in [4.69, 9.17) is 10.5 Å². The number of rotatable bonds is 6. The largest absolute Gasteiger partial charge is 0.438 e. The Hall–Kier alpha value is -4.29. The number of ether oxygens (including phenoxy) is 1. The predicted molar refractivity (Wildman–Crippen MR) is 121 cm³/mol. The van der Waals surface area contributed by atoms with Gasteiger partial charge in [0.1, 0.15) is 17.4 Å². The molecule has 6 heteroatoms. The zero-order valence-corrected chi connectivity index (χ0v) is 16.9. The highest BCUT2D eigenvalue weighted by Crippen LogP contribution is 2.34. The smallest absolute Gasteiger partial charge is 0.237 e. The number of anilines is 2. The fourth-order valence-corrected chi connectivity index (χ4v) is 3.31. The molecule has 0 atom stereocenters. The zero-order chi connectivity index (χ0) is 21.6. The fraction of sp³-hybridized carbons (Fsp3) is 0.160. The van der Waals surface area contributed by atoms with Crippen molar-refractivity contribution in [3.63, 3.8) is 0 Å². The maximum absolute atomic E-state index is 9.85. The second-order valence-electron chi connectivity index (χ2n) is 7.39. The van der Waals surface area contributed by atoms with Crippen LogP contribution >= 0.6 is 0 Å². The number of nitrogens with two attached hydrogens (primary N) is 1. The number of nitrogen functional groups attached to an aromatic ring is 1. The molecule has 0 saturated heterocycles. The summed E-state index contributed by atoms with van der Waals surface area (Å²) in [7, 11) is 0. The lowest BCUT2D eigenvalue weighted by Gasteiger charge is -2.28. The van der Waals surface area contributed by atoms with Crippen molar-refractivity contribution in [2.75, 3.05) is 11.1 Å². The molecule has 0 aliphatic heterocycles. The van der Waals surface area contributed by atoms with Crippen LogP contribution in [-0.2, 0) is 0 Å². The SMILES string of the molecule is N#C/C(=C\c1ccc(N)cc1)c1ccc(Oc2ncccc2C#N)cc1NC1CCC1. The van der Waals surface area contributed by atoms with Gasteiger partial charge < -0.3 is 15.8 Å². The number of hydrogen-bond acceptors (Lipinski definition) is 6. The van der Waals surface area contributed by atoms with Gasteiger partial charge in [-0.15, -0.1) is 0 Å². The van der Waals surface area contributed by atoms with Crippen LogP contribution in [-0.4, -0.2) is 11.0 Å². The molecule has 1 aromatic heterocycles. The van der Waals surface area contributed by atoms with Gasteiger partial charge in [0.25, 0.3) is 0 Å². The van der Waals surface area contributed by atoms with E-state index in [9.17, 15) is 10.5 Å². The molecule has 1 aliphatic carbocycles. The Bertz CT molecular complexity index is 1200. The first-order valence-electron chi connectivity index (χ1n) is 10.1. The molecule has 0 unspecified atom stereocenters. The van der Waals surface area contributed by atoms with Crippen molar-refractivity contribution in [1.82, 2.24) is 4.98 Å². The van der Waals surface area contributed by atoms with Gasteiger partial charge in [-0.25, -0.2) is 4.98 Å². The number of benzene rings is 2. The van der Waals surface area contributed by atoms with E-state index in [-0.39, 0.29) is 5.88 Å². The lowest BCUT2D eigenvalue weighted by molar-refractivity contribution is 0.444. The third-order valence-corrected chi connectivity index (χ3v) is 5.22. The van der Waals surface area contributed by atoms with Crippen LogP contribution in [0.3, 0.4) is 0 Å². The van der Waals surface area contributed by atoms with E-state index in [1.165, 1.54) is 6.42 Å². The quantitative estimate of drug-likeness (QED) is 0.324. The minimum Gasteiger partial charge on any atom is -0.438 e. The molecule has 0 radical (unpaired) electrons. The minimum atomic E-state index is 0.255. The van der Waals surface area contributed by atoms with Gasteiger partial charge in [-0.1, -0.05) is 12.1 Å². The molecule has 3 aromatic rings. The van der Waals surface area contributed by atoms with E-state index in [1.54, 1.807) is 24.4 Å². The minimum absolute atomic E-state index is 0.255. The molecule has 1 heterocycles. The average Bonchev–Trinajstić information content (AvgIpc) is 2.77. The van der Waals surface area contributed by atoms with Crippen molar-refractivity contribution in [3.05, 3.63) is 77.5 Å². The highest BCUT2D eigenvalue weighted by Gasteiger charge is 2.20. The van der Waals surface area contributed by atoms with Gasteiger partial charge in [0.2, 0.25) is 5.88 Å². The van der Waals surface area contributed by atoms with Crippen LogP contribution in [0.1, 0.15) is 36.0 Å². The number of pyridine rings is 1. The number of nitrogens with zero attached hydrogens (tertiary/aromatic N) is 3. The maximum Gasteiger partial charge on any atom is 0.237 e. The zero-order valence-electron chi connectivity index (χ0n) is 16.9. The number of allylic oxidation sites excluding steroid dienone is 1. The monoisotopic (exact) mass is 407 g/mol. The van der Waals surface area contributed by atoms with Gasteiger partial charge in [0.05, 0.1) is 11.6 Å². The highest BCUT2D eigenvalue weighted by molar-refractivity contribution is 5.94. The summed E-state index contributed by atoms with van der Waals surface area (Å²) >= 11 is 0. The van der Waals surface area contributed by atoms with Crippen molar-refractivity contribution < 1.29 is 4.74 Å². The summed E-state index contributed by atoms with van der Waals surface area (Å²) in [6.07, 6.45) is 6.80. The summed E-state index contributed by atoms with van der Waals surface area (Å²) in [5, 5.41) is 22.7. The molecule has 3 N–H and O–H groups in total. The lowest BCUT2D eigenvalue weighted by atomic mass is 9.92. The molecule has 0 spiro atoms. The van der Waals surface area contributed by atoms with Crippen LogP contribution in [0.2, 0.25) is 0 Å². The number of hydrogen-bond donors (Lipinski definition) is 2. The molecule has 4 rings (SSSR count). The van der Waals surface area contributed by atoms with Crippen molar-refractivity contribution in [2.45, 2.75) is 25.3 Å². The summed E-state index contributed by atoms with van der Waals surface area (Å²) in [4.78, 5) is 4.16. The average molecular weight is 407 g/mol. The molecule has 2 aromatic carbocycles. The maximum atomic E-state index is 9.85. The van der Waals surface area contributed by atoms with Gasteiger partial charge in [0.15, 0.2) is 0 Å². The van der Waals surface area contributed by atoms with Crippen molar-refractivity contribution in [3.8, 4) is 23.8 Å². The van der Waals surface area contributed by atoms with E-state index >= 15 is 0 Å². The fourth-order valence-electron chi connectivity index (χ4n) is 3.31. The summed E-state index contributed by atoms with van der Waals surface area (Å²) < 4.78 is 5.88. The summed E-state index contributed by atoms with van der Waals surface area (Å²) in [5.74, 6) is 0.802. The van der Waals surface area contributed by atoms with Crippen molar-refractivity contribution >= 4 is 23.0 Å². The van der Waals surface area contributed by atoms with Crippen molar-refractivity contribution in [1.29, 1.82) is 10.5 Å². The Kier molecular flexibility index (Phi) is 5.82. The standard InChI is InChI=1S/C25H21N5O/c26-15-18-3-2-12-29-25(18)31-22-10-11-23(24(14-22)30-21-4-1-5-21)19(16-27)13-17-6-8-20(28)9-7-17/h2-3,6-14,21,30H,1,4-5,28H2/b19-13+. The van der Waals surface area contributed by atoms with Crippen LogP contribution in [0.15, 0.2) is 60.8 Å².